The summed E-state index contributed by atoms with van der Waals surface area (Å²) >= 11 is 0. The van der Waals surface area contributed by atoms with Crippen molar-refractivity contribution in [1.29, 1.82) is 0 Å². The normalized spacial score (nSPS) is 16.1. The van der Waals surface area contributed by atoms with Crippen LogP contribution in [0.15, 0.2) is 35.0 Å². The Labute approximate surface area is 98.7 Å². The van der Waals surface area contributed by atoms with Crippen LogP contribution >= 0.6 is 0 Å². The Morgan fingerprint density at radius 1 is 1.59 bits per heavy atom. The van der Waals surface area contributed by atoms with Crippen molar-refractivity contribution in [3.8, 4) is 0 Å². The molecule has 0 unspecified atom stereocenters. The summed E-state index contributed by atoms with van der Waals surface area (Å²) in [5.74, 6) is 0.485. The van der Waals surface area contributed by atoms with Crippen LogP contribution in [0, 0.1) is 5.92 Å². The Kier molecular flexibility index (Phi) is 2.28. The second-order valence-electron chi connectivity index (χ2n) is 4.62. The van der Waals surface area contributed by atoms with Gasteiger partial charge in [-0.3, -0.25) is 4.79 Å². The number of allylic oxidation sites excluding steroid dienone is 1. The maximum Gasteiger partial charge on any atom is 0.267 e. The number of aromatic amines is 1. The molecule has 3 rings (SSSR count). The van der Waals surface area contributed by atoms with Crippen LogP contribution in [0.25, 0.3) is 11.1 Å². The van der Waals surface area contributed by atoms with Crippen LogP contribution in [0.4, 0.5) is 0 Å². The molecule has 2 heterocycles. The smallest absolute Gasteiger partial charge is 0.267 e. The van der Waals surface area contributed by atoms with E-state index in [0.29, 0.717) is 17.2 Å². The second-order valence-corrected chi connectivity index (χ2v) is 4.62. The van der Waals surface area contributed by atoms with E-state index in [2.05, 4.69) is 16.9 Å². The molecule has 1 aliphatic rings. The molecule has 0 spiro atoms. The third-order valence-corrected chi connectivity index (χ3v) is 3.19. The van der Waals surface area contributed by atoms with Crippen molar-refractivity contribution in [1.82, 2.24) is 10.3 Å². The van der Waals surface area contributed by atoms with E-state index >= 15 is 0 Å². The summed E-state index contributed by atoms with van der Waals surface area (Å²) in [5, 5.41) is 2.92. The molecule has 0 bridgehead atoms. The number of rotatable bonds is 3. The van der Waals surface area contributed by atoms with Crippen LogP contribution in [-0.4, -0.2) is 17.4 Å². The van der Waals surface area contributed by atoms with E-state index in [4.69, 9.17) is 4.42 Å². The zero-order valence-electron chi connectivity index (χ0n) is 9.45. The molecule has 2 N–H and O–H groups in total. The summed E-state index contributed by atoms with van der Waals surface area (Å²) in [7, 11) is 0. The highest BCUT2D eigenvalue weighted by atomic mass is 16.3. The molecule has 0 aromatic carbocycles. The Morgan fingerprint density at radius 2 is 2.41 bits per heavy atom. The van der Waals surface area contributed by atoms with Crippen LogP contribution in [0.5, 0.6) is 0 Å². The Morgan fingerprint density at radius 3 is 3.12 bits per heavy atom. The molecule has 4 heteroatoms. The van der Waals surface area contributed by atoms with E-state index in [1.807, 2.05) is 6.07 Å². The molecule has 4 nitrogen and oxygen atoms in total. The predicted molar refractivity (Wildman–Crippen MR) is 64.8 cm³/mol. The molecule has 2 aromatic heterocycles. The lowest BCUT2D eigenvalue weighted by atomic mass is 9.81. The molecule has 0 saturated heterocycles. The largest absolute Gasteiger partial charge is 0.463 e. The Hall–Kier alpha value is -1.97. The lowest BCUT2D eigenvalue weighted by molar-refractivity contribution is 0.0939. The van der Waals surface area contributed by atoms with E-state index in [0.717, 1.165) is 24.9 Å². The fourth-order valence-corrected chi connectivity index (χ4v) is 2.20. The monoisotopic (exact) mass is 230 g/mol. The third-order valence-electron chi connectivity index (χ3n) is 3.19. The van der Waals surface area contributed by atoms with Gasteiger partial charge in [-0.05, 0) is 18.8 Å². The number of carbonyl (C=O) groups is 1. The van der Waals surface area contributed by atoms with Gasteiger partial charge in [0.1, 0.15) is 5.69 Å². The summed E-state index contributed by atoms with van der Waals surface area (Å²) in [6.07, 6.45) is 3.67. The van der Waals surface area contributed by atoms with Crippen molar-refractivity contribution < 1.29 is 9.21 Å². The number of furan rings is 1. The lowest BCUT2D eigenvalue weighted by Crippen LogP contribution is -2.33. The summed E-state index contributed by atoms with van der Waals surface area (Å²) in [5.41, 5.74) is 3.40. The molecular formula is C13H14N2O2. The minimum Gasteiger partial charge on any atom is -0.463 e. The molecule has 0 radical (unpaired) electrons. The van der Waals surface area contributed by atoms with E-state index in [9.17, 15) is 4.79 Å². The average molecular weight is 230 g/mol. The fourth-order valence-electron chi connectivity index (χ4n) is 2.20. The van der Waals surface area contributed by atoms with Gasteiger partial charge in [0, 0.05) is 18.7 Å². The highest BCUT2D eigenvalue weighted by molar-refractivity contribution is 5.96. The van der Waals surface area contributed by atoms with Gasteiger partial charge in [-0.25, -0.2) is 0 Å². The number of hydrogen-bond donors (Lipinski definition) is 2. The number of H-pyrrole nitrogens is 1. The quantitative estimate of drug-likeness (QED) is 0.796. The van der Waals surface area contributed by atoms with E-state index in [-0.39, 0.29) is 5.91 Å². The highest BCUT2D eigenvalue weighted by Gasteiger charge is 2.22. The predicted octanol–water partition coefficient (Wildman–Crippen LogP) is 2.46. The zero-order valence-corrected chi connectivity index (χ0v) is 9.45. The lowest BCUT2D eigenvalue weighted by Gasteiger charge is -2.28. The van der Waals surface area contributed by atoms with Crippen molar-refractivity contribution in [2.75, 3.05) is 6.54 Å². The Bertz CT molecular complexity index is 543. The number of nitrogens with one attached hydrogen (secondary N) is 2. The average Bonchev–Trinajstić information content (AvgIpc) is 2.81. The van der Waals surface area contributed by atoms with Crippen molar-refractivity contribution >= 4 is 17.0 Å². The first kappa shape index (κ1) is 10.2. The van der Waals surface area contributed by atoms with E-state index in [1.165, 1.54) is 5.57 Å². The standard InChI is InChI=1S/C13H14N2O2/c1-8-4-9(5-8)7-14-13(16)11-6-12-10(15-11)2-3-17-12/h2-3,6,9,15H,1,4-5,7H2,(H,14,16). The highest BCUT2D eigenvalue weighted by Crippen LogP contribution is 2.30. The summed E-state index contributed by atoms with van der Waals surface area (Å²) in [6.45, 7) is 4.61. The SMILES string of the molecule is C=C1CC(CNC(=O)c2cc3occc3[nH]2)C1. The van der Waals surface area contributed by atoms with Gasteiger partial charge < -0.3 is 14.7 Å². The van der Waals surface area contributed by atoms with E-state index < -0.39 is 0 Å². The summed E-state index contributed by atoms with van der Waals surface area (Å²) in [4.78, 5) is 14.9. The number of carbonyl (C=O) groups excluding carboxylic acids is 1. The first-order chi connectivity index (χ1) is 8.22. The van der Waals surface area contributed by atoms with Crippen molar-refractivity contribution in [2.24, 2.45) is 5.92 Å². The molecule has 0 atom stereocenters. The second kappa shape index (κ2) is 3.80. The van der Waals surface area contributed by atoms with Crippen molar-refractivity contribution in [2.45, 2.75) is 12.8 Å². The minimum atomic E-state index is -0.0751. The molecule has 2 aromatic rings. The van der Waals surface area contributed by atoms with Gasteiger partial charge in [0.05, 0.1) is 11.8 Å². The van der Waals surface area contributed by atoms with Gasteiger partial charge in [0.25, 0.3) is 5.91 Å². The summed E-state index contributed by atoms with van der Waals surface area (Å²) in [6, 6.07) is 3.53. The first-order valence-electron chi connectivity index (χ1n) is 5.73. The third kappa shape index (κ3) is 1.86. The van der Waals surface area contributed by atoms with Crippen molar-refractivity contribution in [3.05, 3.63) is 36.2 Å². The van der Waals surface area contributed by atoms with Crippen LogP contribution in [0.1, 0.15) is 23.3 Å². The van der Waals surface area contributed by atoms with Crippen LogP contribution < -0.4 is 5.32 Å². The molecule has 17 heavy (non-hydrogen) atoms. The molecule has 1 amide bonds. The maximum absolute atomic E-state index is 11.8. The van der Waals surface area contributed by atoms with Gasteiger partial charge in [-0.2, -0.15) is 0 Å². The van der Waals surface area contributed by atoms with Crippen LogP contribution in [0.3, 0.4) is 0 Å². The number of fused-ring (bicyclic) bond motifs is 1. The topological polar surface area (TPSA) is 58.0 Å². The number of amides is 1. The van der Waals surface area contributed by atoms with Crippen LogP contribution in [-0.2, 0) is 0 Å². The fraction of sp³-hybridized carbons (Fsp3) is 0.308. The van der Waals surface area contributed by atoms with Gasteiger partial charge in [-0.15, -0.1) is 0 Å². The van der Waals surface area contributed by atoms with Gasteiger partial charge >= 0.3 is 0 Å². The van der Waals surface area contributed by atoms with Gasteiger partial charge in [0.15, 0.2) is 5.58 Å². The minimum absolute atomic E-state index is 0.0751. The van der Waals surface area contributed by atoms with Gasteiger partial charge in [0.2, 0.25) is 0 Å². The number of hydrogen-bond acceptors (Lipinski definition) is 2. The van der Waals surface area contributed by atoms with E-state index in [1.54, 1.807) is 12.3 Å². The molecule has 0 aliphatic heterocycles. The Balaban J connectivity index is 1.62. The van der Waals surface area contributed by atoms with Gasteiger partial charge in [-0.1, -0.05) is 12.2 Å². The van der Waals surface area contributed by atoms with Crippen LogP contribution in [0.2, 0.25) is 0 Å². The summed E-state index contributed by atoms with van der Waals surface area (Å²) < 4.78 is 5.20. The van der Waals surface area contributed by atoms with Crippen molar-refractivity contribution in [3.63, 3.8) is 0 Å². The first-order valence-corrected chi connectivity index (χ1v) is 5.73. The molecule has 1 saturated carbocycles. The molecular weight excluding hydrogens is 216 g/mol. The maximum atomic E-state index is 11.8. The molecule has 1 aliphatic carbocycles. The number of aromatic nitrogens is 1. The molecule has 88 valence electrons. The zero-order chi connectivity index (χ0) is 11.8. The molecule has 1 fully saturated rings.